The van der Waals surface area contributed by atoms with E-state index in [1.807, 2.05) is 183 Å². The Balaban J connectivity index is 0.000000227. The van der Waals surface area contributed by atoms with Crippen molar-refractivity contribution in [3.8, 4) is 34.5 Å². The average Bonchev–Trinajstić information content (AvgIpc) is 1.56. The second kappa shape index (κ2) is 37.9. The van der Waals surface area contributed by atoms with Gasteiger partial charge in [-0.1, -0.05) is 150 Å². The maximum absolute atomic E-state index is 13.2. The van der Waals surface area contributed by atoms with Crippen molar-refractivity contribution in [1.29, 1.82) is 0 Å². The number of nitrogens with zero attached hydrogens (tertiary/aromatic N) is 3. The van der Waals surface area contributed by atoms with Crippen LogP contribution in [0, 0.1) is 20.8 Å². The molecule has 3 radical (unpaired) electrons. The van der Waals surface area contributed by atoms with E-state index in [9.17, 15) is 18.0 Å². The van der Waals surface area contributed by atoms with E-state index >= 15 is 0 Å². The van der Waals surface area contributed by atoms with Crippen LogP contribution in [0.4, 0.5) is 9.59 Å². The summed E-state index contributed by atoms with van der Waals surface area (Å²) in [6.07, 6.45) is 1.67. The Bertz CT molecular complexity index is 3840. The summed E-state index contributed by atoms with van der Waals surface area (Å²) in [5.41, 5.74) is 8.68. The zero-order chi connectivity index (χ0) is 70.3. The summed E-state index contributed by atoms with van der Waals surface area (Å²) in [5.74, 6) is 4.48. The smallest absolute Gasteiger partial charge is 0.410 e. The molecule has 0 aromatic heterocycles. The number of amides is 2. The maximum Gasteiger partial charge on any atom is 0.410 e. The molecule has 21 heteroatoms. The first-order valence-electron chi connectivity index (χ1n) is 33.8. The topological polar surface area (TPSA) is 208 Å². The van der Waals surface area contributed by atoms with E-state index in [1.54, 1.807) is 50.5 Å². The minimum absolute atomic E-state index is 0. The predicted octanol–water partition coefficient (Wildman–Crippen LogP) is 13.3. The molecule has 4 aliphatic heterocycles. The van der Waals surface area contributed by atoms with Crippen molar-refractivity contribution in [3.63, 3.8) is 0 Å². The number of rotatable bonds is 21. The average molecular weight is 1390 g/mol. The Morgan fingerprint density at radius 1 is 0.520 bits per heavy atom. The number of hydrogen-bond acceptors (Lipinski definition) is 16. The van der Waals surface area contributed by atoms with Crippen LogP contribution in [0.1, 0.15) is 87.4 Å². The van der Waals surface area contributed by atoms with Gasteiger partial charge in [-0.05, 0) is 161 Å². The fourth-order valence-electron chi connectivity index (χ4n) is 12.6. The van der Waals surface area contributed by atoms with Crippen molar-refractivity contribution < 1.29 is 63.3 Å². The SMILES string of the molecule is COc1ccc(CN2[C@H]3C[C@@H](C)N(C(=O)OCc4ccccc4)[C@H]3COS2(=O)=O)cc1.COc1ccc(CN[C@H]2C[C@@H](C)N(C(=O)OCc3ccccc3)[C@H]2COc2ccc(C)cc2)cc1.COc1ccc(CN[C@H]2C[C@@H](C)N[C@H]2COc2ccc(C)cc2)cc1.Cc1ccc(O)cc1.[2H-].[2HH].[B]. The van der Waals surface area contributed by atoms with Crippen LogP contribution in [0.25, 0.3) is 0 Å². The number of nitrogens with one attached hydrogen (secondary N) is 3. The number of aryl methyl sites for hydroxylation is 3. The number of carbonyl (C=O) groups excluding carboxylic acids is 2. The van der Waals surface area contributed by atoms with Crippen LogP contribution in [0.5, 0.6) is 34.5 Å². The lowest BCUT2D eigenvalue weighted by Crippen LogP contribution is -2.56. The molecule has 100 heavy (non-hydrogen) atoms. The number of phenols is 1. The number of carbonyl (C=O) groups is 2. The molecule has 4 heterocycles. The number of benzene rings is 8. The third-order valence-electron chi connectivity index (χ3n) is 18.1. The molecule has 0 spiro atoms. The maximum atomic E-state index is 13.2. The van der Waals surface area contributed by atoms with Gasteiger partial charge in [-0.3, -0.25) is 14.0 Å². The number of aromatic hydroxyl groups is 1. The third-order valence-corrected chi connectivity index (χ3v) is 19.5. The number of hydrogen-bond donors (Lipinski definition) is 4. The fourth-order valence-corrected chi connectivity index (χ4v) is 13.9. The Hall–Kier alpha value is -9.09. The molecule has 4 fully saturated rings. The van der Waals surface area contributed by atoms with Crippen LogP contribution in [-0.2, 0) is 56.8 Å². The van der Waals surface area contributed by atoms with Gasteiger partial charge >= 0.3 is 22.5 Å². The summed E-state index contributed by atoms with van der Waals surface area (Å²) in [6.45, 7) is 15.4. The standard InChI is InChI=1S/C29H34N2O4.C22H26N2O6S.C21H28N2O2.C7H8O.B.H2.H/c1-21-9-13-26(14-10-21)34-20-28-27(30-18-23-11-15-25(33-3)16-12-23)17-22(2)31(28)29(32)35-19-24-7-5-4-6-8-24;1-16-12-20-21(24(16)22(25)29-14-18-6-4-3-5-7-18)15-30-31(26,27)23(20)13-17-8-10-19(28-2)11-9-17;1-15-4-8-19(9-5-15)25-14-21-20(12-16(2)23-21)22-13-17-6-10-18(24-3)11-7-17;1-6-2-4-7(8)5-3-6;;;/h4-16,22,27-28,30H,17-20H2,1-3H3;3-11,16,20-21H,12-15H2,1-2H3;4-11,16,20-23H,12-14H2,1-3H3;2-5,8H,1H3;;1H;/q;;;;;;-1/t22-,27+,28+;2*16-,20+,21+;;;;/m111..../s1/i;;;;;2*1+1. The second-order valence-corrected chi connectivity index (χ2v) is 27.1. The van der Waals surface area contributed by atoms with Gasteiger partial charge in [0.25, 0.3) is 0 Å². The zero-order valence-corrected chi connectivity index (χ0v) is 59.6. The third kappa shape index (κ3) is 22.5. The quantitative estimate of drug-likeness (QED) is 0.0493. The minimum atomic E-state index is -3.90. The lowest BCUT2D eigenvalue weighted by atomic mass is 10.1. The molecule has 0 unspecified atom stereocenters. The van der Waals surface area contributed by atoms with Gasteiger partial charge in [0.05, 0.1) is 52.1 Å². The predicted molar refractivity (Wildman–Crippen MR) is 393 cm³/mol. The van der Waals surface area contributed by atoms with Crippen molar-refractivity contribution in [2.45, 2.75) is 148 Å². The van der Waals surface area contributed by atoms with E-state index < -0.39 is 22.4 Å². The number of phenolic OH excluding ortho intramolecular Hbond substituents is 1. The summed E-state index contributed by atoms with van der Waals surface area (Å²) >= 11 is 0. The lowest BCUT2D eigenvalue weighted by molar-refractivity contribution is 0.0507. The molecule has 533 valence electrons. The molecule has 4 N–H and O–H groups in total. The van der Waals surface area contributed by atoms with Crippen LogP contribution in [-0.4, -0.2) is 144 Å². The Kier molecular flexibility index (Phi) is 29.1. The van der Waals surface area contributed by atoms with Crippen LogP contribution in [0.3, 0.4) is 0 Å². The summed E-state index contributed by atoms with van der Waals surface area (Å²) in [4.78, 5) is 29.5. The van der Waals surface area contributed by atoms with E-state index in [0.29, 0.717) is 55.8 Å². The van der Waals surface area contributed by atoms with Gasteiger partial charge < -0.3 is 55.6 Å². The van der Waals surface area contributed by atoms with E-state index in [0.717, 1.165) is 64.6 Å². The van der Waals surface area contributed by atoms with E-state index in [4.69, 9.17) is 42.4 Å². The van der Waals surface area contributed by atoms with Gasteiger partial charge in [-0.25, -0.2) is 9.59 Å². The number of likely N-dealkylation sites (tertiary alicyclic amines) is 2. The first-order valence-corrected chi connectivity index (χ1v) is 35.1. The van der Waals surface area contributed by atoms with Gasteiger partial charge in [-0.15, -0.1) is 0 Å². The van der Waals surface area contributed by atoms with Crippen LogP contribution in [0.15, 0.2) is 206 Å². The molecule has 9 atom stereocenters. The first-order chi connectivity index (χ1) is 47.8. The second-order valence-electron chi connectivity index (χ2n) is 25.6. The van der Waals surface area contributed by atoms with E-state index in [2.05, 4.69) is 61.0 Å². The normalized spacial score (nSPS) is 21.0. The molecule has 0 saturated carbocycles. The van der Waals surface area contributed by atoms with Gasteiger partial charge in [-0.2, -0.15) is 12.7 Å². The van der Waals surface area contributed by atoms with Crippen molar-refractivity contribution >= 4 is 30.9 Å². The van der Waals surface area contributed by atoms with Crippen LogP contribution in [0.2, 0.25) is 0 Å². The number of methoxy groups -OCH3 is 3. The van der Waals surface area contributed by atoms with Crippen LogP contribution < -0.4 is 39.6 Å². The molecule has 0 aliphatic carbocycles. The Morgan fingerprint density at radius 2 is 0.940 bits per heavy atom. The van der Waals surface area contributed by atoms with E-state index in [1.165, 1.54) is 26.6 Å². The number of ether oxygens (including phenoxy) is 7. The van der Waals surface area contributed by atoms with Gasteiger partial charge in [0.2, 0.25) is 0 Å². The number of fused-ring (bicyclic) bond motifs is 1. The Morgan fingerprint density at radius 3 is 1.41 bits per heavy atom. The molecular weight excluding hydrogens is 1280 g/mol. The van der Waals surface area contributed by atoms with Gasteiger partial charge in [0.15, 0.2) is 0 Å². The molecule has 8 aromatic rings. The molecule has 19 nitrogen and oxygen atoms in total. The Labute approximate surface area is 595 Å². The molecular formula is C79H99BN6O13S-. The first kappa shape index (κ1) is 76.7. The summed E-state index contributed by atoms with van der Waals surface area (Å²) < 4.78 is 70.9. The highest BCUT2D eigenvalue weighted by molar-refractivity contribution is 7.84. The van der Waals surface area contributed by atoms with Gasteiger partial charge in [0.1, 0.15) is 60.9 Å². The molecule has 2 amide bonds. The van der Waals surface area contributed by atoms with Crippen molar-refractivity contribution in [1.82, 2.24) is 30.1 Å². The van der Waals surface area contributed by atoms with Crippen molar-refractivity contribution in [3.05, 3.63) is 251 Å². The molecule has 4 saturated heterocycles. The zero-order valence-electron chi connectivity index (χ0n) is 59.8. The molecule has 8 aromatic carbocycles. The highest BCUT2D eigenvalue weighted by Crippen LogP contribution is 2.37. The highest BCUT2D eigenvalue weighted by Gasteiger charge is 2.52. The summed E-state index contributed by atoms with van der Waals surface area (Å²) in [6, 6.07) is 66.2. The highest BCUT2D eigenvalue weighted by atomic mass is 32.2. The van der Waals surface area contributed by atoms with E-state index in [-0.39, 0.29) is 73.9 Å². The van der Waals surface area contributed by atoms with Crippen molar-refractivity contribution in [2.24, 2.45) is 0 Å². The fraction of sp³-hybridized carbons (Fsp3) is 0.367. The molecule has 12 rings (SSSR count). The van der Waals surface area contributed by atoms with Crippen LogP contribution >= 0.6 is 0 Å². The summed E-state index contributed by atoms with van der Waals surface area (Å²) in [5, 5.41) is 19.7. The minimum Gasteiger partial charge on any atom is -1.00 e. The molecule has 4 aliphatic rings. The van der Waals surface area contributed by atoms with Gasteiger partial charge in [0, 0.05) is 59.7 Å². The molecule has 0 bridgehead atoms. The summed E-state index contributed by atoms with van der Waals surface area (Å²) in [7, 11) is 1.04. The largest absolute Gasteiger partial charge is 1.00 e. The lowest BCUT2D eigenvalue weighted by Gasteiger charge is -2.38. The monoisotopic (exact) mass is 1380 g/mol. The van der Waals surface area contributed by atoms with Crippen molar-refractivity contribution in [2.75, 3.05) is 41.2 Å².